The number of nitrogens with zero attached hydrogens (tertiary/aromatic N) is 4. The van der Waals surface area contributed by atoms with E-state index in [1.807, 2.05) is 30.0 Å². The Morgan fingerprint density at radius 2 is 2.07 bits per heavy atom. The van der Waals surface area contributed by atoms with E-state index < -0.39 is 0 Å². The summed E-state index contributed by atoms with van der Waals surface area (Å²) in [5, 5.41) is 4.35. The Kier molecular flexibility index (Phi) is 6.36. The zero-order valence-electron chi connectivity index (χ0n) is 16.7. The third-order valence-corrected chi connectivity index (χ3v) is 5.90. The van der Waals surface area contributed by atoms with Gasteiger partial charge in [-0.3, -0.25) is 0 Å². The van der Waals surface area contributed by atoms with Crippen molar-refractivity contribution in [3.05, 3.63) is 35.0 Å². The fourth-order valence-electron chi connectivity index (χ4n) is 3.40. The maximum atomic E-state index is 5.50. The lowest BCUT2D eigenvalue weighted by Crippen LogP contribution is -2.38. The van der Waals surface area contributed by atoms with Crippen molar-refractivity contribution in [1.82, 2.24) is 9.97 Å². The molecule has 0 atom stereocenters. The monoisotopic (exact) mass is 415 g/mol. The van der Waals surface area contributed by atoms with Gasteiger partial charge in [0.05, 0.1) is 39.3 Å². The van der Waals surface area contributed by atoms with Crippen LogP contribution in [0.15, 0.2) is 23.3 Å². The number of anilines is 2. The highest BCUT2D eigenvalue weighted by Crippen LogP contribution is 2.32. The van der Waals surface area contributed by atoms with E-state index in [0.29, 0.717) is 11.7 Å². The highest BCUT2D eigenvalue weighted by molar-refractivity contribution is 7.98. The summed E-state index contributed by atoms with van der Waals surface area (Å²) in [5.41, 5.74) is 6.16. The van der Waals surface area contributed by atoms with Crippen LogP contribution in [0.2, 0.25) is 0 Å². The number of hydrogen-bond donors (Lipinski definition) is 1. The highest BCUT2D eigenvalue weighted by Gasteiger charge is 2.23. The number of hydrogen-bond acceptors (Lipinski definition) is 9. The molecular weight excluding hydrogens is 390 g/mol. The number of ether oxygens (including phenoxy) is 3. The largest absolute Gasteiger partial charge is 0.497 e. The summed E-state index contributed by atoms with van der Waals surface area (Å²) in [6, 6.07) is 5.57. The van der Waals surface area contributed by atoms with Crippen molar-refractivity contribution in [2.45, 2.75) is 12.2 Å². The number of aromatic nitrogens is 2. The average molecular weight is 416 g/mol. The molecule has 154 valence electrons. The van der Waals surface area contributed by atoms with Crippen LogP contribution in [0.1, 0.15) is 16.8 Å². The zero-order chi connectivity index (χ0) is 20.1. The van der Waals surface area contributed by atoms with Crippen LogP contribution in [0.4, 0.5) is 11.8 Å². The maximum absolute atomic E-state index is 5.50. The van der Waals surface area contributed by atoms with Gasteiger partial charge in [-0.05, 0) is 30.4 Å². The predicted octanol–water partition coefficient (Wildman–Crippen LogP) is 2.57. The molecule has 0 unspecified atom stereocenters. The van der Waals surface area contributed by atoms with Crippen molar-refractivity contribution in [3.63, 3.8) is 0 Å². The van der Waals surface area contributed by atoms with Crippen molar-refractivity contribution in [2.24, 2.45) is 5.10 Å². The molecule has 0 spiro atoms. The SMILES string of the molecule is COc1ccc(OC)c(/C=N/Nc2nc3c(c(N4CCOCC4)n2)CSCC3)c1. The second-order valence-corrected chi connectivity index (χ2v) is 7.78. The second-order valence-electron chi connectivity index (χ2n) is 6.68. The van der Waals surface area contributed by atoms with E-state index >= 15 is 0 Å². The smallest absolute Gasteiger partial charge is 0.245 e. The normalized spacial score (nSPS) is 16.6. The highest BCUT2D eigenvalue weighted by atomic mass is 32.2. The number of hydrazone groups is 1. The number of thioether (sulfide) groups is 1. The van der Waals surface area contributed by atoms with Gasteiger partial charge < -0.3 is 19.1 Å². The predicted molar refractivity (Wildman–Crippen MR) is 116 cm³/mol. The summed E-state index contributed by atoms with van der Waals surface area (Å²) < 4.78 is 16.2. The molecule has 3 heterocycles. The molecule has 1 saturated heterocycles. The number of nitrogens with one attached hydrogen (secondary N) is 1. The minimum Gasteiger partial charge on any atom is -0.497 e. The first-order valence-corrected chi connectivity index (χ1v) is 10.8. The molecule has 0 amide bonds. The third kappa shape index (κ3) is 4.56. The molecular formula is C20H25N5O3S. The molecule has 2 aliphatic rings. The number of morpholine rings is 1. The van der Waals surface area contributed by atoms with E-state index in [4.69, 9.17) is 24.2 Å². The Bertz CT molecular complexity index is 887. The average Bonchev–Trinajstić information content (AvgIpc) is 2.79. The van der Waals surface area contributed by atoms with E-state index in [-0.39, 0.29) is 0 Å². The van der Waals surface area contributed by atoms with Crippen LogP contribution in [0.3, 0.4) is 0 Å². The molecule has 29 heavy (non-hydrogen) atoms. The molecule has 1 aromatic heterocycles. The van der Waals surface area contributed by atoms with Gasteiger partial charge in [-0.15, -0.1) is 0 Å². The van der Waals surface area contributed by atoms with Crippen LogP contribution in [0, 0.1) is 0 Å². The molecule has 1 N–H and O–H groups in total. The number of rotatable bonds is 6. The minimum absolute atomic E-state index is 0.509. The van der Waals surface area contributed by atoms with Gasteiger partial charge in [0, 0.05) is 30.0 Å². The number of methoxy groups -OCH3 is 2. The van der Waals surface area contributed by atoms with Crippen molar-refractivity contribution in [2.75, 3.05) is 56.6 Å². The van der Waals surface area contributed by atoms with Crippen LogP contribution in [-0.4, -0.2) is 62.5 Å². The van der Waals surface area contributed by atoms with Gasteiger partial charge in [0.2, 0.25) is 5.95 Å². The molecule has 2 aromatic rings. The van der Waals surface area contributed by atoms with Crippen LogP contribution in [0.5, 0.6) is 11.5 Å². The fraction of sp³-hybridized carbons (Fsp3) is 0.450. The van der Waals surface area contributed by atoms with E-state index in [0.717, 1.165) is 67.1 Å². The second kappa shape index (κ2) is 9.32. The number of aryl methyl sites for hydroxylation is 1. The lowest BCUT2D eigenvalue weighted by atomic mass is 10.1. The Morgan fingerprint density at radius 1 is 1.21 bits per heavy atom. The molecule has 0 aliphatic carbocycles. The van der Waals surface area contributed by atoms with Crippen molar-refractivity contribution < 1.29 is 14.2 Å². The summed E-state index contributed by atoms with van der Waals surface area (Å²) in [7, 11) is 3.26. The molecule has 1 aromatic carbocycles. The summed E-state index contributed by atoms with van der Waals surface area (Å²) in [5.74, 6) is 5.00. The summed E-state index contributed by atoms with van der Waals surface area (Å²) in [4.78, 5) is 11.8. The van der Waals surface area contributed by atoms with Gasteiger partial charge in [0.1, 0.15) is 17.3 Å². The Morgan fingerprint density at radius 3 is 2.86 bits per heavy atom. The topological polar surface area (TPSA) is 81.1 Å². The molecule has 9 heteroatoms. The van der Waals surface area contributed by atoms with Gasteiger partial charge in [-0.1, -0.05) is 0 Å². The molecule has 4 rings (SSSR count). The molecule has 8 nitrogen and oxygen atoms in total. The standard InChI is InChI=1S/C20H25N5O3S/c1-26-15-3-4-18(27-2)14(11-15)12-21-24-20-22-17-5-10-29-13-16(17)19(23-20)25-6-8-28-9-7-25/h3-4,11-12H,5-10,13H2,1-2H3,(H,22,23,24)/b21-12+. The van der Waals surface area contributed by atoms with Crippen molar-refractivity contribution >= 4 is 29.7 Å². The summed E-state index contributed by atoms with van der Waals surface area (Å²) >= 11 is 1.93. The van der Waals surface area contributed by atoms with Crippen LogP contribution < -0.4 is 19.8 Å². The quantitative estimate of drug-likeness (QED) is 0.570. The first kappa shape index (κ1) is 19.8. The maximum Gasteiger partial charge on any atom is 0.245 e. The van der Waals surface area contributed by atoms with Gasteiger partial charge >= 0.3 is 0 Å². The lowest BCUT2D eigenvalue weighted by molar-refractivity contribution is 0.122. The molecule has 2 aliphatic heterocycles. The molecule has 1 fully saturated rings. The zero-order valence-corrected chi connectivity index (χ0v) is 17.5. The fourth-order valence-corrected chi connectivity index (χ4v) is 4.38. The van der Waals surface area contributed by atoms with Crippen LogP contribution >= 0.6 is 11.8 Å². The lowest BCUT2D eigenvalue weighted by Gasteiger charge is -2.31. The Labute approximate surface area is 174 Å². The summed E-state index contributed by atoms with van der Waals surface area (Å²) in [6.45, 7) is 3.14. The van der Waals surface area contributed by atoms with Crippen molar-refractivity contribution in [3.8, 4) is 11.5 Å². The van der Waals surface area contributed by atoms with Crippen molar-refractivity contribution in [1.29, 1.82) is 0 Å². The van der Waals surface area contributed by atoms with E-state index in [2.05, 4.69) is 15.4 Å². The first-order valence-electron chi connectivity index (χ1n) is 9.60. The van der Waals surface area contributed by atoms with Crippen LogP contribution in [-0.2, 0) is 16.9 Å². The molecule has 0 bridgehead atoms. The van der Waals surface area contributed by atoms with Gasteiger partial charge in [-0.2, -0.15) is 21.8 Å². The molecule has 0 radical (unpaired) electrons. The minimum atomic E-state index is 0.509. The van der Waals surface area contributed by atoms with E-state index in [1.54, 1.807) is 20.4 Å². The Balaban J connectivity index is 1.58. The van der Waals surface area contributed by atoms with Gasteiger partial charge in [0.15, 0.2) is 0 Å². The van der Waals surface area contributed by atoms with Gasteiger partial charge in [0.25, 0.3) is 0 Å². The first-order chi connectivity index (χ1) is 14.3. The third-order valence-electron chi connectivity index (χ3n) is 4.92. The van der Waals surface area contributed by atoms with Gasteiger partial charge in [-0.25, -0.2) is 10.4 Å². The summed E-state index contributed by atoms with van der Waals surface area (Å²) in [6.07, 6.45) is 2.64. The number of benzene rings is 1. The Hall–Kier alpha value is -2.52. The van der Waals surface area contributed by atoms with Crippen LogP contribution in [0.25, 0.3) is 0 Å². The number of fused-ring (bicyclic) bond motifs is 1. The van der Waals surface area contributed by atoms with E-state index in [1.165, 1.54) is 5.56 Å². The molecule has 0 saturated carbocycles. The van der Waals surface area contributed by atoms with E-state index in [9.17, 15) is 0 Å².